The van der Waals surface area contributed by atoms with Crippen molar-refractivity contribution in [2.75, 3.05) is 6.61 Å². The summed E-state index contributed by atoms with van der Waals surface area (Å²) < 4.78 is 17.7. The third-order valence-electron chi connectivity index (χ3n) is 4.45. The van der Waals surface area contributed by atoms with Crippen molar-refractivity contribution in [1.29, 1.82) is 0 Å². The number of ether oxygens (including phenoxy) is 2. The molecule has 0 aromatic heterocycles. The standard InChI is InChI=1S/C18H34O7/c1-2-3-4-5-6-7-8-9-10-11-14(19)24-12-13-15(20)16(21)17(22)18(23)25-13/h13,15-18,20-23H,2-12H2,1H3/t13-,15-,16+,17+,18?/m1/s1/i11D/t11?,13-,15-,16+,17+,18?. The molecule has 0 aromatic carbocycles. The summed E-state index contributed by atoms with van der Waals surface area (Å²) in [5.74, 6) is -0.723. The average Bonchev–Trinajstić information content (AvgIpc) is 2.63. The van der Waals surface area contributed by atoms with E-state index in [2.05, 4.69) is 6.92 Å². The molecule has 4 N–H and O–H groups in total. The van der Waals surface area contributed by atoms with Crippen LogP contribution in [0.4, 0.5) is 0 Å². The van der Waals surface area contributed by atoms with E-state index in [-0.39, 0.29) is 0 Å². The van der Waals surface area contributed by atoms with Gasteiger partial charge in [-0.05, 0) is 6.42 Å². The molecule has 1 aliphatic heterocycles. The fourth-order valence-electron chi connectivity index (χ4n) is 2.79. The first kappa shape index (κ1) is 20.6. The van der Waals surface area contributed by atoms with Crippen LogP contribution in [0.25, 0.3) is 0 Å². The zero-order chi connectivity index (χ0) is 19.5. The lowest BCUT2D eigenvalue weighted by Crippen LogP contribution is -2.58. The molecule has 7 heteroatoms. The highest BCUT2D eigenvalue weighted by Crippen LogP contribution is 2.20. The Balaban J connectivity index is 2.16. The summed E-state index contributed by atoms with van der Waals surface area (Å²) >= 11 is 0. The largest absolute Gasteiger partial charge is 0.463 e. The molecule has 1 heterocycles. The summed E-state index contributed by atoms with van der Waals surface area (Å²) in [5.41, 5.74) is 0. The number of esters is 1. The summed E-state index contributed by atoms with van der Waals surface area (Å²) in [6.45, 7) is 1.79. The second-order valence-corrected chi connectivity index (χ2v) is 6.63. The quantitative estimate of drug-likeness (QED) is 0.304. The Morgan fingerprint density at radius 3 is 2.08 bits per heavy atom. The van der Waals surface area contributed by atoms with Crippen molar-refractivity contribution in [1.82, 2.24) is 0 Å². The lowest BCUT2D eigenvalue weighted by atomic mass is 9.99. The Labute approximate surface area is 151 Å². The molecule has 0 aromatic rings. The fourth-order valence-corrected chi connectivity index (χ4v) is 2.79. The smallest absolute Gasteiger partial charge is 0.305 e. The topological polar surface area (TPSA) is 116 Å². The number of aliphatic hydroxyl groups excluding tert-OH is 4. The first-order valence-electron chi connectivity index (χ1n) is 9.92. The highest BCUT2D eigenvalue weighted by Gasteiger charge is 2.43. The molecule has 0 aliphatic carbocycles. The van der Waals surface area contributed by atoms with Gasteiger partial charge in [-0.1, -0.05) is 58.3 Å². The summed E-state index contributed by atoms with van der Waals surface area (Å²) in [7, 11) is 0. The molecule has 7 nitrogen and oxygen atoms in total. The van der Waals surface area contributed by atoms with Gasteiger partial charge in [-0.3, -0.25) is 4.79 Å². The maximum Gasteiger partial charge on any atom is 0.305 e. The van der Waals surface area contributed by atoms with E-state index in [4.69, 9.17) is 10.8 Å². The van der Waals surface area contributed by atoms with Crippen LogP contribution < -0.4 is 0 Å². The minimum absolute atomic E-state index is 0.395. The lowest BCUT2D eigenvalue weighted by Gasteiger charge is -2.37. The van der Waals surface area contributed by atoms with Crippen LogP contribution in [0, 0.1) is 0 Å². The van der Waals surface area contributed by atoms with Crippen molar-refractivity contribution in [2.45, 2.75) is 102 Å². The number of hydrogen-bond donors (Lipinski definition) is 4. The average molecular weight is 363 g/mol. The summed E-state index contributed by atoms with van der Waals surface area (Å²) in [6.07, 6.45) is 0.927. The number of hydrogen-bond acceptors (Lipinski definition) is 7. The Morgan fingerprint density at radius 2 is 1.48 bits per heavy atom. The van der Waals surface area contributed by atoms with Crippen molar-refractivity contribution in [3.8, 4) is 0 Å². The molecule has 1 saturated heterocycles. The summed E-state index contributed by atoms with van der Waals surface area (Å²) in [4.78, 5) is 11.8. The van der Waals surface area contributed by atoms with Crippen LogP contribution in [-0.4, -0.2) is 63.7 Å². The molecule has 1 rings (SSSR count). The van der Waals surface area contributed by atoms with Crippen LogP contribution in [0.3, 0.4) is 0 Å². The zero-order valence-electron chi connectivity index (χ0n) is 16.0. The Bertz CT molecular complexity index is 396. The summed E-state index contributed by atoms with van der Waals surface area (Å²) in [5, 5.41) is 38.2. The third kappa shape index (κ3) is 8.46. The molecule has 6 atom stereocenters. The van der Waals surface area contributed by atoms with Gasteiger partial charge < -0.3 is 29.9 Å². The predicted octanol–water partition coefficient (Wildman–Crippen LogP) is 1.25. The molecule has 148 valence electrons. The lowest BCUT2D eigenvalue weighted by molar-refractivity contribution is -0.287. The molecule has 0 radical (unpaired) electrons. The molecule has 1 aliphatic rings. The van der Waals surface area contributed by atoms with Gasteiger partial charge in [0.05, 0.1) is 0 Å². The second kappa shape index (κ2) is 12.6. The molecule has 0 bridgehead atoms. The van der Waals surface area contributed by atoms with E-state index in [0.717, 1.165) is 19.3 Å². The highest BCUT2D eigenvalue weighted by molar-refractivity contribution is 5.69. The molecule has 0 amide bonds. The van der Waals surface area contributed by atoms with Crippen LogP contribution in [0.5, 0.6) is 0 Å². The van der Waals surface area contributed by atoms with Gasteiger partial charge >= 0.3 is 5.97 Å². The summed E-state index contributed by atoms with van der Waals surface area (Å²) in [6, 6.07) is 0. The Morgan fingerprint density at radius 1 is 0.920 bits per heavy atom. The monoisotopic (exact) mass is 363 g/mol. The molecular weight excluding hydrogens is 328 g/mol. The third-order valence-corrected chi connectivity index (χ3v) is 4.45. The van der Waals surface area contributed by atoms with Crippen LogP contribution >= 0.6 is 0 Å². The minimum Gasteiger partial charge on any atom is -0.463 e. The molecule has 0 spiro atoms. The van der Waals surface area contributed by atoms with Crippen LogP contribution in [0.15, 0.2) is 0 Å². The van der Waals surface area contributed by atoms with Gasteiger partial charge in [0.15, 0.2) is 6.29 Å². The number of carbonyl (C=O) groups excluding carboxylic acids is 1. The van der Waals surface area contributed by atoms with Gasteiger partial charge in [0.25, 0.3) is 0 Å². The molecule has 1 fully saturated rings. The van der Waals surface area contributed by atoms with E-state index in [1.54, 1.807) is 0 Å². The van der Waals surface area contributed by atoms with E-state index in [1.165, 1.54) is 32.1 Å². The number of unbranched alkanes of at least 4 members (excludes halogenated alkanes) is 7. The van der Waals surface area contributed by atoms with Crippen LogP contribution in [0.2, 0.25) is 0 Å². The fraction of sp³-hybridized carbons (Fsp3) is 0.944. The van der Waals surface area contributed by atoms with Crippen LogP contribution in [0.1, 0.15) is 72.5 Å². The number of carbonyl (C=O) groups is 1. The van der Waals surface area contributed by atoms with E-state index < -0.39 is 49.7 Å². The van der Waals surface area contributed by atoms with E-state index in [1.807, 2.05) is 0 Å². The van der Waals surface area contributed by atoms with Gasteiger partial charge in [0.2, 0.25) is 0 Å². The Hall–Kier alpha value is -0.730. The maximum atomic E-state index is 11.8. The van der Waals surface area contributed by atoms with E-state index in [0.29, 0.717) is 6.42 Å². The van der Waals surface area contributed by atoms with Crippen molar-refractivity contribution >= 4 is 5.97 Å². The molecule has 0 saturated carbocycles. The van der Waals surface area contributed by atoms with E-state index in [9.17, 15) is 25.2 Å². The highest BCUT2D eigenvalue weighted by atomic mass is 16.6. The van der Waals surface area contributed by atoms with Crippen molar-refractivity contribution in [3.63, 3.8) is 0 Å². The van der Waals surface area contributed by atoms with Gasteiger partial charge in [0.1, 0.15) is 31.0 Å². The zero-order valence-corrected chi connectivity index (χ0v) is 15.0. The van der Waals surface area contributed by atoms with Gasteiger partial charge in [-0.25, -0.2) is 0 Å². The van der Waals surface area contributed by atoms with Crippen molar-refractivity contribution in [3.05, 3.63) is 0 Å². The predicted molar refractivity (Wildman–Crippen MR) is 91.7 cm³/mol. The molecular formula is C18H34O7. The number of rotatable bonds is 12. The Kier molecular flexibility index (Phi) is 10.4. The van der Waals surface area contributed by atoms with Crippen molar-refractivity contribution in [2.24, 2.45) is 0 Å². The van der Waals surface area contributed by atoms with Crippen molar-refractivity contribution < 1.29 is 36.1 Å². The van der Waals surface area contributed by atoms with E-state index >= 15 is 0 Å². The number of aliphatic hydroxyl groups is 4. The van der Waals surface area contributed by atoms with Gasteiger partial charge in [-0.15, -0.1) is 0 Å². The second-order valence-electron chi connectivity index (χ2n) is 6.63. The SMILES string of the molecule is [2H]C(CCCCCCCCCC)C(=O)OC[C@H]1OC(O)[C@@H](O)[C@@H](O)[C@@H]1O. The maximum absolute atomic E-state index is 11.8. The van der Waals surface area contributed by atoms with Gasteiger partial charge in [-0.2, -0.15) is 0 Å². The first-order valence-corrected chi connectivity index (χ1v) is 9.35. The first-order chi connectivity index (χ1) is 12.4. The normalized spacial score (nSPS) is 31.4. The van der Waals surface area contributed by atoms with Crippen LogP contribution in [-0.2, 0) is 14.3 Å². The minimum atomic E-state index is -1.67. The molecule has 2 unspecified atom stereocenters. The molecule has 25 heavy (non-hydrogen) atoms. The van der Waals surface area contributed by atoms with Gasteiger partial charge in [0, 0.05) is 7.77 Å².